The van der Waals surface area contributed by atoms with Crippen LogP contribution in [0.1, 0.15) is 47.5 Å². The summed E-state index contributed by atoms with van der Waals surface area (Å²) in [7, 11) is 0. The van der Waals surface area contributed by atoms with Crippen molar-refractivity contribution in [1.82, 2.24) is 4.90 Å². The predicted octanol–water partition coefficient (Wildman–Crippen LogP) is 1.96. The topological polar surface area (TPSA) is 37.4 Å². The zero-order valence-corrected chi connectivity index (χ0v) is 9.68. The van der Waals surface area contributed by atoms with E-state index in [1.807, 2.05) is 34.6 Å². The Morgan fingerprint density at radius 1 is 0.929 bits per heavy atom. The second kappa shape index (κ2) is 3.07. The SMILES string of the molecule is CC(C)(C)C(C)(C)N1C(=O)CCC1=O. The van der Waals surface area contributed by atoms with Gasteiger partial charge in [0.05, 0.1) is 0 Å². The Bertz CT molecular complexity index is 258. The summed E-state index contributed by atoms with van der Waals surface area (Å²) in [5.41, 5.74) is -0.500. The standard InChI is InChI=1S/C11H19NO2/c1-10(2,3)11(4,5)12-8(13)6-7-9(12)14/h6-7H2,1-5H3. The first-order valence-corrected chi connectivity index (χ1v) is 5.04. The van der Waals surface area contributed by atoms with Gasteiger partial charge < -0.3 is 0 Å². The molecule has 1 aliphatic rings. The summed E-state index contributed by atoms with van der Waals surface area (Å²) in [5, 5.41) is 0. The van der Waals surface area contributed by atoms with Crippen LogP contribution >= 0.6 is 0 Å². The Morgan fingerprint density at radius 3 is 1.57 bits per heavy atom. The van der Waals surface area contributed by atoms with E-state index in [-0.39, 0.29) is 17.2 Å². The van der Waals surface area contributed by atoms with Gasteiger partial charge in [0.2, 0.25) is 11.8 Å². The van der Waals surface area contributed by atoms with Crippen molar-refractivity contribution >= 4 is 11.8 Å². The molecule has 0 aromatic rings. The number of carbonyl (C=O) groups excluding carboxylic acids is 2. The average molecular weight is 197 g/mol. The zero-order valence-electron chi connectivity index (χ0n) is 9.68. The lowest BCUT2D eigenvalue weighted by Gasteiger charge is -2.44. The van der Waals surface area contributed by atoms with Crippen molar-refractivity contribution in [2.75, 3.05) is 0 Å². The van der Waals surface area contributed by atoms with Gasteiger partial charge in [0, 0.05) is 18.4 Å². The van der Waals surface area contributed by atoms with E-state index in [0.717, 1.165) is 0 Å². The predicted molar refractivity (Wildman–Crippen MR) is 54.6 cm³/mol. The lowest BCUT2D eigenvalue weighted by atomic mass is 9.75. The highest BCUT2D eigenvalue weighted by Gasteiger charge is 2.46. The molecule has 2 amide bonds. The van der Waals surface area contributed by atoms with Crippen molar-refractivity contribution in [2.45, 2.75) is 53.0 Å². The monoisotopic (exact) mass is 197 g/mol. The maximum absolute atomic E-state index is 11.6. The van der Waals surface area contributed by atoms with E-state index in [9.17, 15) is 9.59 Å². The fraction of sp³-hybridized carbons (Fsp3) is 0.818. The van der Waals surface area contributed by atoms with Crippen molar-refractivity contribution in [3.8, 4) is 0 Å². The van der Waals surface area contributed by atoms with Crippen molar-refractivity contribution < 1.29 is 9.59 Å². The Morgan fingerprint density at radius 2 is 1.29 bits per heavy atom. The molecule has 3 heteroatoms. The lowest BCUT2D eigenvalue weighted by molar-refractivity contribution is -0.149. The molecule has 3 nitrogen and oxygen atoms in total. The number of nitrogens with zero attached hydrogens (tertiary/aromatic N) is 1. The molecule has 14 heavy (non-hydrogen) atoms. The molecule has 0 spiro atoms. The third kappa shape index (κ3) is 1.56. The molecule has 0 aromatic heterocycles. The highest BCUT2D eigenvalue weighted by molar-refractivity contribution is 6.02. The average Bonchev–Trinajstić information content (AvgIpc) is 2.28. The summed E-state index contributed by atoms with van der Waals surface area (Å²) < 4.78 is 0. The number of carbonyl (C=O) groups is 2. The Kier molecular flexibility index (Phi) is 2.46. The third-order valence-corrected chi connectivity index (χ3v) is 3.45. The molecule has 0 saturated carbocycles. The van der Waals surface area contributed by atoms with Gasteiger partial charge in [-0.3, -0.25) is 14.5 Å². The largest absolute Gasteiger partial charge is 0.276 e. The second-order valence-corrected chi connectivity index (χ2v) is 5.43. The van der Waals surface area contributed by atoms with Crippen molar-refractivity contribution in [1.29, 1.82) is 0 Å². The van der Waals surface area contributed by atoms with Gasteiger partial charge >= 0.3 is 0 Å². The van der Waals surface area contributed by atoms with Gasteiger partial charge in [0.15, 0.2) is 0 Å². The fourth-order valence-corrected chi connectivity index (χ4v) is 1.54. The lowest BCUT2D eigenvalue weighted by Crippen LogP contribution is -2.55. The highest BCUT2D eigenvalue weighted by Crippen LogP contribution is 2.37. The van der Waals surface area contributed by atoms with E-state index in [4.69, 9.17) is 0 Å². The van der Waals surface area contributed by atoms with Gasteiger partial charge in [-0.1, -0.05) is 20.8 Å². The van der Waals surface area contributed by atoms with Crippen LogP contribution in [-0.2, 0) is 9.59 Å². The fourth-order valence-electron chi connectivity index (χ4n) is 1.54. The number of imide groups is 1. The Hall–Kier alpha value is -0.860. The van der Waals surface area contributed by atoms with Crippen LogP contribution in [0.5, 0.6) is 0 Å². The molecule has 80 valence electrons. The number of rotatable bonds is 1. The molecular formula is C11H19NO2. The van der Waals surface area contributed by atoms with Crippen LogP contribution in [0.15, 0.2) is 0 Å². The third-order valence-electron chi connectivity index (χ3n) is 3.45. The van der Waals surface area contributed by atoms with Crippen molar-refractivity contribution in [3.05, 3.63) is 0 Å². The number of hydrogen-bond donors (Lipinski definition) is 0. The molecule has 1 heterocycles. The summed E-state index contributed by atoms with van der Waals surface area (Å²) in [6.45, 7) is 10.0. The highest BCUT2D eigenvalue weighted by atomic mass is 16.2. The summed E-state index contributed by atoms with van der Waals surface area (Å²) in [6.07, 6.45) is 0.747. The first-order chi connectivity index (χ1) is 6.18. The molecule has 0 unspecified atom stereocenters. The zero-order chi connectivity index (χ0) is 11.1. The molecule has 0 radical (unpaired) electrons. The van der Waals surface area contributed by atoms with Gasteiger partial charge in [-0.25, -0.2) is 0 Å². The normalized spacial score (nSPS) is 19.4. The van der Waals surface area contributed by atoms with Crippen LogP contribution in [0.2, 0.25) is 0 Å². The van der Waals surface area contributed by atoms with E-state index in [1.54, 1.807) is 0 Å². The van der Waals surface area contributed by atoms with Gasteiger partial charge in [-0.15, -0.1) is 0 Å². The molecule has 1 rings (SSSR count). The molecule has 0 bridgehead atoms. The summed E-state index contributed by atoms with van der Waals surface area (Å²) in [6, 6.07) is 0. The Labute approximate surface area is 85.5 Å². The van der Waals surface area contributed by atoms with E-state index >= 15 is 0 Å². The Balaban J connectivity index is 3.03. The molecule has 0 aliphatic carbocycles. The van der Waals surface area contributed by atoms with E-state index in [0.29, 0.717) is 12.8 Å². The molecular weight excluding hydrogens is 178 g/mol. The first kappa shape index (κ1) is 11.2. The molecule has 1 saturated heterocycles. The second-order valence-electron chi connectivity index (χ2n) is 5.43. The van der Waals surface area contributed by atoms with Crippen LogP contribution < -0.4 is 0 Å². The van der Waals surface area contributed by atoms with Gasteiger partial charge in [-0.2, -0.15) is 0 Å². The molecule has 1 fully saturated rings. The van der Waals surface area contributed by atoms with Crippen LogP contribution in [-0.4, -0.2) is 22.3 Å². The van der Waals surface area contributed by atoms with Crippen molar-refractivity contribution in [3.63, 3.8) is 0 Å². The van der Waals surface area contributed by atoms with E-state index in [2.05, 4.69) is 0 Å². The summed E-state index contributed by atoms with van der Waals surface area (Å²) >= 11 is 0. The maximum atomic E-state index is 11.6. The van der Waals surface area contributed by atoms with Crippen LogP contribution in [0.3, 0.4) is 0 Å². The van der Waals surface area contributed by atoms with Gasteiger partial charge in [0.1, 0.15) is 0 Å². The molecule has 1 aliphatic heterocycles. The summed E-state index contributed by atoms with van der Waals surface area (Å²) in [4.78, 5) is 24.6. The van der Waals surface area contributed by atoms with E-state index in [1.165, 1.54) is 4.90 Å². The van der Waals surface area contributed by atoms with Crippen LogP contribution in [0.25, 0.3) is 0 Å². The van der Waals surface area contributed by atoms with Crippen LogP contribution in [0.4, 0.5) is 0 Å². The van der Waals surface area contributed by atoms with Gasteiger partial charge in [0.25, 0.3) is 0 Å². The quantitative estimate of drug-likeness (QED) is 0.603. The van der Waals surface area contributed by atoms with Crippen molar-refractivity contribution in [2.24, 2.45) is 5.41 Å². The maximum Gasteiger partial charge on any atom is 0.230 e. The minimum Gasteiger partial charge on any atom is -0.276 e. The molecule has 0 aromatic carbocycles. The smallest absolute Gasteiger partial charge is 0.230 e. The summed E-state index contributed by atoms with van der Waals surface area (Å²) in [5.74, 6) is -0.0650. The van der Waals surface area contributed by atoms with E-state index < -0.39 is 5.54 Å². The minimum atomic E-state index is -0.405. The van der Waals surface area contributed by atoms with Crippen LogP contribution in [0, 0.1) is 5.41 Å². The molecule has 0 atom stereocenters. The number of amides is 2. The number of hydrogen-bond acceptors (Lipinski definition) is 2. The minimum absolute atomic E-state index is 0.0325. The first-order valence-electron chi connectivity index (χ1n) is 5.04. The van der Waals surface area contributed by atoms with Gasteiger partial charge in [-0.05, 0) is 19.3 Å². The molecule has 0 N–H and O–H groups in total. The number of likely N-dealkylation sites (tertiary alicyclic amines) is 1.